The Labute approximate surface area is 150 Å². The number of hydrogen-bond donors (Lipinski definition) is 1. The first-order valence-corrected chi connectivity index (χ1v) is 9.17. The van der Waals surface area contributed by atoms with E-state index >= 15 is 0 Å². The Hall–Kier alpha value is -2.48. The molecule has 0 bridgehead atoms. The summed E-state index contributed by atoms with van der Waals surface area (Å²) in [6, 6.07) is 1.91. The Kier molecular flexibility index (Phi) is 4.35. The van der Waals surface area contributed by atoms with Crippen molar-refractivity contribution >= 4 is 17.3 Å². The minimum atomic E-state index is 0.560. The normalized spacial score (nSPS) is 13.5. The monoisotopic (exact) mass is 356 g/mol. The van der Waals surface area contributed by atoms with Gasteiger partial charge < -0.3 is 10.1 Å². The van der Waals surface area contributed by atoms with Crippen molar-refractivity contribution in [2.75, 3.05) is 12.4 Å². The van der Waals surface area contributed by atoms with Crippen molar-refractivity contribution in [2.24, 2.45) is 7.05 Å². The first kappa shape index (κ1) is 16.0. The molecule has 0 saturated carbocycles. The third-order valence-electron chi connectivity index (χ3n) is 4.33. The van der Waals surface area contributed by atoms with Gasteiger partial charge in [-0.3, -0.25) is 4.68 Å². The lowest BCUT2D eigenvalue weighted by Gasteiger charge is -2.10. The van der Waals surface area contributed by atoms with Crippen molar-refractivity contribution in [3.8, 4) is 17.1 Å². The maximum absolute atomic E-state index is 5.39. The maximum atomic E-state index is 5.39. The molecule has 4 rings (SSSR count). The van der Waals surface area contributed by atoms with Crippen LogP contribution in [0.15, 0.2) is 18.5 Å². The quantitative estimate of drug-likeness (QED) is 0.757. The minimum absolute atomic E-state index is 0.560. The van der Waals surface area contributed by atoms with E-state index in [1.165, 1.54) is 23.4 Å². The van der Waals surface area contributed by atoms with Crippen LogP contribution >= 0.6 is 11.3 Å². The molecule has 0 radical (unpaired) electrons. The number of fused-ring (bicyclic) bond motifs is 1. The molecule has 130 valence electrons. The zero-order chi connectivity index (χ0) is 17.2. The summed E-state index contributed by atoms with van der Waals surface area (Å²) in [6.07, 6.45) is 8.22. The van der Waals surface area contributed by atoms with E-state index in [0.29, 0.717) is 18.2 Å². The molecule has 1 aliphatic carbocycles. The van der Waals surface area contributed by atoms with Crippen molar-refractivity contribution in [3.63, 3.8) is 0 Å². The summed E-state index contributed by atoms with van der Waals surface area (Å²) in [5.41, 5.74) is 2.88. The highest BCUT2D eigenvalue weighted by atomic mass is 32.1. The fraction of sp³-hybridized carbons (Fsp3) is 0.412. The third-order valence-corrected chi connectivity index (χ3v) is 5.48. The average Bonchev–Trinajstić information content (AvgIpc) is 3.25. The second-order valence-corrected chi connectivity index (χ2v) is 7.16. The van der Waals surface area contributed by atoms with Crippen molar-refractivity contribution < 1.29 is 4.74 Å². The number of anilines is 1. The van der Waals surface area contributed by atoms with Crippen molar-refractivity contribution in [2.45, 2.75) is 32.2 Å². The van der Waals surface area contributed by atoms with Crippen LogP contribution in [-0.2, 0) is 26.4 Å². The Morgan fingerprint density at radius 2 is 2.16 bits per heavy atom. The molecule has 7 nitrogen and oxygen atoms in total. The number of methoxy groups -OCH3 is 1. The molecule has 0 aromatic carbocycles. The molecule has 1 N–H and O–H groups in total. The zero-order valence-corrected chi connectivity index (χ0v) is 15.1. The number of aryl methyl sites for hydroxylation is 3. The van der Waals surface area contributed by atoms with Crippen LogP contribution in [0.25, 0.3) is 11.4 Å². The van der Waals surface area contributed by atoms with Crippen LogP contribution in [0.5, 0.6) is 5.75 Å². The largest absolute Gasteiger partial charge is 0.493 e. The van der Waals surface area contributed by atoms with Gasteiger partial charge in [0.15, 0.2) is 5.75 Å². The zero-order valence-electron chi connectivity index (χ0n) is 14.3. The van der Waals surface area contributed by atoms with E-state index in [9.17, 15) is 0 Å². The van der Waals surface area contributed by atoms with Gasteiger partial charge >= 0.3 is 0 Å². The Morgan fingerprint density at radius 1 is 1.28 bits per heavy atom. The van der Waals surface area contributed by atoms with E-state index in [4.69, 9.17) is 9.72 Å². The van der Waals surface area contributed by atoms with Gasteiger partial charge in [-0.25, -0.2) is 15.0 Å². The summed E-state index contributed by atoms with van der Waals surface area (Å²) in [6.45, 7) is 0.634. The first-order valence-electron chi connectivity index (χ1n) is 8.35. The first-order chi connectivity index (χ1) is 12.2. The molecule has 0 saturated heterocycles. The van der Waals surface area contributed by atoms with E-state index in [-0.39, 0.29) is 0 Å². The van der Waals surface area contributed by atoms with Crippen LogP contribution in [0.3, 0.4) is 0 Å². The van der Waals surface area contributed by atoms with E-state index < -0.39 is 0 Å². The number of hydrogen-bond acceptors (Lipinski definition) is 7. The summed E-state index contributed by atoms with van der Waals surface area (Å²) in [4.78, 5) is 15.1. The summed E-state index contributed by atoms with van der Waals surface area (Å²) < 4.78 is 7.16. The lowest BCUT2D eigenvalue weighted by molar-refractivity contribution is 0.412. The lowest BCUT2D eigenvalue weighted by atomic mass is 10.0. The third kappa shape index (κ3) is 3.21. The van der Waals surface area contributed by atoms with Crippen LogP contribution < -0.4 is 10.1 Å². The van der Waals surface area contributed by atoms with Crippen molar-refractivity contribution in [1.82, 2.24) is 24.7 Å². The summed E-state index contributed by atoms with van der Waals surface area (Å²) in [7, 11) is 3.50. The molecule has 0 aliphatic heterocycles. The predicted octanol–water partition coefficient (Wildman–Crippen LogP) is 2.83. The molecule has 0 amide bonds. The fourth-order valence-corrected chi connectivity index (χ4v) is 4.13. The second kappa shape index (κ2) is 6.79. The Balaban J connectivity index is 1.55. The van der Waals surface area contributed by atoms with Gasteiger partial charge in [0, 0.05) is 18.1 Å². The molecule has 0 atom stereocenters. The van der Waals surface area contributed by atoms with Gasteiger partial charge in [0.1, 0.15) is 10.7 Å². The molecule has 3 aromatic rings. The molecule has 0 spiro atoms. The fourth-order valence-electron chi connectivity index (χ4n) is 3.03. The molecule has 3 aromatic heterocycles. The van der Waals surface area contributed by atoms with Gasteiger partial charge in [0.05, 0.1) is 31.2 Å². The molecular formula is C17H20N6OS. The van der Waals surface area contributed by atoms with Gasteiger partial charge in [-0.05, 0) is 31.7 Å². The molecule has 0 unspecified atom stereocenters. The number of rotatable bonds is 5. The van der Waals surface area contributed by atoms with Crippen LogP contribution in [0.2, 0.25) is 0 Å². The SMILES string of the molecule is COc1cnc(NCc2nc3c(s2)CCCC3)nc1-c1ccnn1C. The van der Waals surface area contributed by atoms with Crippen LogP contribution in [0, 0.1) is 0 Å². The van der Waals surface area contributed by atoms with Gasteiger partial charge in [0.2, 0.25) is 5.95 Å². The highest BCUT2D eigenvalue weighted by Crippen LogP contribution is 2.29. The van der Waals surface area contributed by atoms with Gasteiger partial charge in [0.25, 0.3) is 0 Å². The number of nitrogens with zero attached hydrogens (tertiary/aromatic N) is 5. The summed E-state index contributed by atoms with van der Waals surface area (Å²) >= 11 is 1.80. The molecule has 1 aliphatic rings. The number of ether oxygens (including phenoxy) is 1. The average molecular weight is 356 g/mol. The van der Waals surface area contributed by atoms with Crippen molar-refractivity contribution in [1.29, 1.82) is 0 Å². The molecule has 8 heteroatoms. The van der Waals surface area contributed by atoms with Gasteiger partial charge in [-0.1, -0.05) is 0 Å². The molecule has 3 heterocycles. The highest BCUT2D eigenvalue weighted by molar-refractivity contribution is 7.11. The maximum Gasteiger partial charge on any atom is 0.223 e. The Morgan fingerprint density at radius 3 is 2.92 bits per heavy atom. The Bertz CT molecular complexity index is 864. The predicted molar refractivity (Wildman–Crippen MR) is 96.9 cm³/mol. The van der Waals surface area contributed by atoms with Crippen molar-refractivity contribution in [3.05, 3.63) is 34.0 Å². The molecule has 25 heavy (non-hydrogen) atoms. The van der Waals surface area contributed by atoms with E-state index in [1.54, 1.807) is 35.5 Å². The van der Waals surface area contributed by atoms with Crippen LogP contribution in [0.4, 0.5) is 5.95 Å². The summed E-state index contributed by atoms with van der Waals surface area (Å²) in [5, 5.41) is 8.58. The smallest absolute Gasteiger partial charge is 0.223 e. The highest BCUT2D eigenvalue weighted by Gasteiger charge is 2.16. The lowest BCUT2D eigenvalue weighted by Crippen LogP contribution is -2.06. The van der Waals surface area contributed by atoms with E-state index in [1.807, 2.05) is 13.1 Å². The van der Waals surface area contributed by atoms with Crippen LogP contribution in [0.1, 0.15) is 28.4 Å². The number of nitrogens with one attached hydrogen (secondary N) is 1. The minimum Gasteiger partial charge on any atom is -0.493 e. The second-order valence-electron chi connectivity index (χ2n) is 5.99. The number of thiazole rings is 1. The van der Waals surface area contributed by atoms with Gasteiger partial charge in [-0.15, -0.1) is 11.3 Å². The topological polar surface area (TPSA) is 77.8 Å². The molecule has 0 fully saturated rings. The summed E-state index contributed by atoms with van der Waals surface area (Å²) in [5.74, 6) is 1.18. The van der Waals surface area contributed by atoms with E-state index in [0.717, 1.165) is 29.2 Å². The van der Waals surface area contributed by atoms with E-state index in [2.05, 4.69) is 20.4 Å². The number of aromatic nitrogens is 5. The van der Waals surface area contributed by atoms with Crippen LogP contribution in [-0.4, -0.2) is 31.8 Å². The van der Waals surface area contributed by atoms with Gasteiger partial charge in [-0.2, -0.15) is 5.10 Å². The standard InChI is InChI=1S/C17H20N6OS/c1-23-12(7-8-20-23)16-13(24-2)9-18-17(22-16)19-10-15-21-11-5-3-4-6-14(11)25-15/h7-9H,3-6,10H2,1-2H3,(H,18,19,22). The molecular weight excluding hydrogens is 336 g/mol.